The standard InChI is InChI=1S/C21H24N2O5S/c24-21(14-16-9-11-19(12-10-16)23(25)26)22-18-6-4-5-17(13-18)15-29(27,28)20-7-2-1-3-8-20/h4-6,9-13,20H,1-3,7-8,14-15H2,(H,22,24). The van der Waals surface area contributed by atoms with E-state index in [1.807, 2.05) is 0 Å². The van der Waals surface area contributed by atoms with Crippen molar-refractivity contribution in [2.24, 2.45) is 0 Å². The fraction of sp³-hybridized carbons (Fsp3) is 0.381. The molecule has 154 valence electrons. The largest absolute Gasteiger partial charge is 0.326 e. The molecule has 0 aromatic heterocycles. The van der Waals surface area contributed by atoms with E-state index < -0.39 is 14.8 Å². The van der Waals surface area contributed by atoms with Gasteiger partial charge in [-0.2, -0.15) is 0 Å². The van der Waals surface area contributed by atoms with E-state index >= 15 is 0 Å². The number of nitrogens with zero attached hydrogens (tertiary/aromatic N) is 1. The van der Waals surface area contributed by atoms with Crippen molar-refractivity contribution >= 4 is 27.1 Å². The van der Waals surface area contributed by atoms with Crippen LogP contribution in [0.1, 0.15) is 43.2 Å². The predicted octanol–water partition coefficient (Wildman–Crippen LogP) is 4.02. The van der Waals surface area contributed by atoms with Crippen LogP contribution >= 0.6 is 0 Å². The van der Waals surface area contributed by atoms with Crippen molar-refractivity contribution in [2.45, 2.75) is 49.5 Å². The fourth-order valence-corrected chi connectivity index (χ4v) is 5.57. The van der Waals surface area contributed by atoms with Gasteiger partial charge in [-0.1, -0.05) is 43.5 Å². The molecule has 29 heavy (non-hydrogen) atoms. The number of nitrogens with one attached hydrogen (secondary N) is 1. The highest BCUT2D eigenvalue weighted by atomic mass is 32.2. The lowest BCUT2D eigenvalue weighted by atomic mass is 10.0. The molecule has 0 heterocycles. The second kappa shape index (κ2) is 9.17. The smallest absolute Gasteiger partial charge is 0.269 e. The third-order valence-corrected chi connectivity index (χ3v) is 7.37. The van der Waals surface area contributed by atoms with Crippen LogP contribution in [0.25, 0.3) is 0 Å². The Balaban J connectivity index is 1.61. The van der Waals surface area contributed by atoms with Gasteiger partial charge in [0.05, 0.1) is 22.3 Å². The van der Waals surface area contributed by atoms with Crippen LogP contribution < -0.4 is 5.32 Å². The van der Waals surface area contributed by atoms with Gasteiger partial charge in [0.25, 0.3) is 5.69 Å². The average Bonchev–Trinajstić information content (AvgIpc) is 2.69. The molecule has 0 spiro atoms. The lowest BCUT2D eigenvalue weighted by Crippen LogP contribution is -2.25. The van der Waals surface area contributed by atoms with Gasteiger partial charge in [-0.25, -0.2) is 8.42 Å². The topological polar surface area (TPSA) is 106 Å². The zero-order valence-electron chi connectivity index (χ0n) is 16.0. The molecule has 0 radical (unpaired) electrons. The highest BCUT2D eigenvalue weighted by molar-refractivity contribution is 7.91. The summed E-state index contributed by atoms with van der Waals surface area (Å²) >= 11 is 0. The van der Waals surface area contributed by atoms with Crippen molar-refractivity contribution in [3.63, 3.8) is 0 Å². The van der Waals surface area contributed by atoms with E-state index in [9.17, 15) is 23.3 Å². The third-order valence-electron chi connectivity index (χ3n) is 5.15. The molecule has 1 aliphatic rings. The molecule has 1 aliphatic carbocycles. The molecule has 0 aliphatic heterocycles. The van der Waals surface area contributed by atoms with Crippen LogP contribution in [0.4, 0.5) is 11.4 Å². The first-order chi connectivity index (χ1) is 13.8. The molecule has 0 unspecified atom stereocenters. The van der Waals surface area contributed by atoms with Crippen LogP contribution in [-0.2, 0) is 26.8 Å². The highest BCUT2D eigenvalue weighted by Crippen LogP contribution is 2.26. The molecule has 0 bridgehead atoms. The quantitative estimate of drug-likeness (QED) is 0.542. The minimum atomic E-state index is -3.21. The second-order valence-electron chi connectivity index (χ2n) is 7.42. The minimum Gasteiger partial charge on any atom is -0.326 e. The van der Waals surface area contributed by atoms with E-state index in [1.165, 1.54) is 12.1 Å². The minimum absolute atomic E-state index is 0.0241. The first-order valence-corrected chi connectivity index (χ1v) is 11.4. The number of hydrogen-bond donors (Lipinski definition) is 1. The normalized spacial score (nSPS) is 15.0. The van der Waals surface area contributed by atoms with E-state index in [4.69, 9.17) is 0 Å². The lowest BCUT2D eigenvalue weighted by molar-refractivity contribution is -0.384. The van der Waals surface area contributed by atoms with Crippen LogP contribution in [0.2, 0.25) is 0 Å². The zero-order chi connectivity index (χ0) is 20.9. The van der Waals surface area contributed by atoms with Crippen LogP contribution in [-0.4, -0.2) is 24.5 Å². The van der Waals surface area contributed by atoms with Crippen molar-refractivity contribution in [3.8, 4) is 0 Å². The van der Waals surface area contributed by atoms with Crippen molar-refractivity contribution < 1.29 is 18.1 Å². The van der Waals surface area contributed by atoms with Gasteiger partial charge in [-0.3, -0.25) is 14.9 Å². The maximum absolute atomic E-state index is 12.7. The van der Waals surface area contributed by atoms with Gasteiger partial charge in [-0.15, -0.1) is 0 Å². The number of sulfone groups is 1. The summed E-state index contributed by atoms with van der Waals surface area (Å²) in [5.41, 5.74) is 1.82. The van der Waals surface area contributed by atoms with E-state index in [1.54, 1.807) is 36.4 Å². The number of amides is 1. The van der Waals surface area contributed by atoms with Gasteiger partial charge in [0.1, 0.15) is 0 Å². The number of non-ortho nitro benzene ring substituents is 1. The van der Waals surface area contributed by atoms with E-state index in [0.717, 1.165) is 32.1 Å². The first-order valence-electron chi connectivity index (χ1n) is 9.67. The van der Waals surface area contributed by atoms with Crippen LogP contribution in [0, 0.1) is 10.1 Å². The summed E-state index contributed by atoms with van der Waals surface area (Å²) in [6.07, 6.45) is 4.55. The molecular formula is C21H24N2O5S. The summed E-state index contributed by atoms with van der Waals surface area (Å²) < 4.78 is 25.3. The number of nitro benzene ring substituents is 1. The Morgan fingerprint density at radius 2 is 1.72 bits per heavy atom. The van der Waals surface area contributed by atoms with Gasteiger partial charge < -0.3 is 5.32 Å². The Labute approximate surface area is 170 Å². The first kappa shape index (κ1) is 21.0. The number of nitro groups is 1. The Kier molecular flexibility index (Phi) is 6.64. The Morgan fingerprint density at radius 1 is 1.03 bits per heavy atom. The molecule has 1 fully saturated rings. The monoisotopic (exact) mass is 416 g/mol. The average molecular weight is 416 g/mol. The number of benzene rings is 2. The van der Waals surface area contributed by atoms with E-state index in [-0.39, 0.29) is 29.0 Å². The van der Waals surface area contributed by atoms with Gasteiger partial charge >= 0.3 is 0 Å². The number of carbonyl (C=O) groups excluding carboxylic acids is 1. The molecule has 0 atom stereocenters. The van der Waals surface area contributed by atoms with Gasteiger partial charge in [-0.05, 0) is 36.1 Å². The van der Waals surface area contributed by atoms with Crippen molar-refractivity contribution in [2.75, 3.05) is 5.32 Å². The SMILES string of the molecule is O=C(Cc1ccc([N+](=O)[O-])cc1)Nc1cccc(CS(=O)(=O)C2CCCCC2)c1. The van der Waals surface area contributed by atoms with Crippen molar-refractivity contribution in [1.82, 2.24) is 0 Å². The van der Waals surface area contributed by atoms with Crippen LogP contribution in [0.15, 0.2) is 48.5 Å². The fourth-order valence-electron chi connectivity index (χ4n) is 3.64. The summed E-state index contributed by atoms with van der Waals surface area (Å²) in [4.78, 5) is 22.5. The molecule has 2 aromatic carbocycles. The molecule has 1 saturated carbocycles. The molecule has 1 N–H and O–H groups in total. The number of carbonyl (C=O) groups is 1. The molecule has 8 heteroatoms. The molecule has 1 amide bonds. The summed E-state index contributed by atoms with van der Waals surface area (Å²) in [6, 6.07) is 12.7. The predicted molar refractivity (Wildman–Crippen MR) is 111 cm³/mol. The molecule has 0 saturated heterocycles. The van der Waals surface area contributed by atoms with E-state index in [0.29, 0.717) is 16.8 Å². The summed E-state index contributed by atoms with van der Waals surface area (Å²) in [5, 5.41) is 13.2. The summed E-state index contributed by atoms with van der Waals surface area (Å²) in [6.45, 7) is 0. The van der Waals surface area contributed by atoms with Gasteiger partial charge in [0, 0.05) is 17.8 Å². The molecule has 2 aromatic rings. The summed E-state index contributed by atoms with van der Waals surface area (Å²) in [5.74, 6) is -0.296. The van der Waals surface area contributed by atoms with Crippen LogP contribution in [0.3, 0.4) is 0 Å². The van der Waals surface area contributed by atoms with Crippen LogP contribution in [0.5, 0.6) is 0 Å². The zero-order valence-corrected chi connectivity index (χ0v) is 16.9. The molecule has 7 nitrogen and oxygen atoms in total. The molecular weight excluding hydrogens is 392 g/mol. The van der Waals surface area contributed by atoms with Gasteiger partial charge in [0.2, 0.25) is 5.91 Å². The number of rotatable bonds is 7. The van der Waals surface area contributed by atoms with E-state index in [2.05, 4.69) is 5.32 Å². The Hall–Kier alpha value is -2.74. The molecule has 3 rings (SSSR count). The highest BCUT2D eigenvalue weighted by Gasteiger charge is 2.27. The third kappa shape index (κ3) is 5.87. The lowest BCUT2D eigenvalue weighted by Gasteiger charge is -2.21. The van der Waals surface area contributed by atoms with Crippen molar-refractivity contribution in [1.29, 1.82) is 0 Å². The van der Waals surface area contributed by atoms with Gasteiger partial charge in [0.15, 0.2) is 9.84 Å². The maximum Gasteiger partial charge on any atom is 0.269 e. The number of anilines is 1. The Bertz CT molecular complexity index is 980. The second-order valence-corrected chi connectivity index (χ2v) is 9.70. The Morgan fingerprint density at radius 3 is 2.38 bits per heavy atom. The summed E-state index contributed by atoms with van der Waals surface area (Å²) in [7, 11) is -3.21. The number of hydrogen-bond acceptors (Lipinski definition) is 5. The van der Waals surface area contributed by atoms with Crippen molar-refractivity contribution in [3.05, 3.63) is 69.8 Å². The maximum atomic E-state index is 12.7.